The lowest BCUT2D eigenvalue weighted by Gasteiger charge is -2.26. The molecule has 0 saturated heterocycles. The Bertz CT molecular complexity index is 200. The molecule has 1 fully saturated rings. The first-order valence-corrected chi connectivity index (χ1v) is 5.38. The average molecular weight is 196 g/mol. The van der Waals surface area contributed by atoms with Crippen molar-refractivity contribution < 1.29 is 4.74 Å². The minimum atomic E-state index is 0.252. The molecule has 1 rings (SSSR count). The van der Waals surface area contributed by atoms with Crippen molar-refractivity contribution in [3.05, 3.63) is 0 Å². The molecule has 2 atom stereocenters. The van der Waals surface area contributed by atoms with Gasteiger partial charge in [-0.15, -0.1) is 0 Å². The van der Waals surface area contributed by atoms with Gasteiger partial charge in [-0.05, 0) is 26.3 Å². The zero-order chi connectivity index (χ0) is 10.4. The average Bonchev–Trinajstić information content (AvgIpc) is 2.65. The fourth-order valence-electron chi connectivity index (χ4n) is 2.24. The van der Waals surface area contributed by atoms with Crippen LogP contribution in [0.25, 0.3) is 0 Å². The zero-order valence-electron chi connectivity index (χ0n) is 9.20. The van der Waals surface area contributed by atoms with Crippen molar-refractivity contribution in [1.82, 2.24) is 4.90 Å². The lowest BCUT2D eigenvalue weighted by Crippen LogP contribution is -2.35. The van der Waals surface area contributed by atoms with Crippen LogP contribution >= 0.6 is 0 Å². The van der Waals surface area contributed by atoms with Gasteiger partial charge in [0.05, 0.1) is 12.0 Å². The lowest BCUT2D eigenvalue weighted by molar-refractivity contribution is 0.159. The number of methoxy groups -OCH3 is 1. The minimum Gasteiger partial charge on any atom is -0.385 e. The van der Waals surface area contributed by atoms with Crippen molar-refractivity contribution in [2.75, 3.05) is 27.3 Å². The van der Waals surface area contributed by atoms with E-state index in [4.69, 9.17) is 10.00 Å². The normalized spacial score (nSPS) is 26.7. The van der Waals surface area contributed by atoms with Crippen molar-refractivity contribution in [3.8, 4) is 6.07 Å². The summed E-state index contributed by atoms with van der Waals surface area (Å²) in [4.78, 5) is 2.32. The Balaban J connectivity index is 2.29. The topological polar surface area (TPSA) is 36.3 Å². The fourth-order valence-corrected chi connectivity index (χ4v) is 2.24. The Labute approximate surface area is 86.6 Å². The van der Waals surface area contributed by atoms with Crippen LogP contribution in [-0.4, -0.2) is 38.3 Å². The zero-order valence-corrected chi connectivity index (χ0v) is 9.20. The van der Waals surface area contributed by atoms with Crippen molar-refractivity contribution >= 4 is 0 Å². The van der Waals surface area contributed by atoms with Crippen LogP contribution in [-0.2, 0) is 4.74 Å². The molecule has 0 aromatic carbocycles. The van der Waals surface area contributed by atoms with E-state index in [1.165, 1.54) is 12.8 Å². The highest BCUT2D eigenvalue weighted by Crippen LogP contribution is 2.28. The smallest absolute Gasteiger partial charge is 0.0672 e. The predicted molar refractivity (Wildman–Crippen MR) is 55.9 cm³/mol. The van der Waals surface area contributed by atoms with E-state index in [9.17, 15) is 0 Å². The van der Waals surface area contributed by atoms with Crippen molar-refractivity contribution in [3.63, 3.8) is 0 Å². The van der Waals surface area contributed by atoms with E-state index in [1.807, 2.05) is 0 Å². The Morgan fingerprint density at radius 1 is 1.50 bits per heavy atom. The molecule has 3 nitrogen and oxygen atoms in total. The van der Waals surface area contributed by atoms with E-state index >= 15 is 0 Å². The third-order valence-corrected chi connectivity index (χ3v) is 3.07. The van der Waals surface area contributed by atoms with Gasteiger partial charge < -0.3 is 9.64 Å². The maximum Gasteiger partial charge on any atom is 0.0672 e. The molecule has 3 heteroatoms. The number of ether oxygens (including phenoxy) is 1. The summed E-state index contributed by atoms with van der Waals surface area (Å²) < 4.78 is 5.02. The van der Waals surface area contributed by atoms with Gasteiger partial charge in [-0.3, -0.25) is 0 Å². The molecule has 0 aromatic heterocycles. The quantitative estimate of drug-likeness (QED) is 0.627. The SMILES string of the molecule is COCCCN(C)C1CCCC1C#N. The van der Waals surface area contributed by atoms with E-state index < -0.39 is 0 Å². The second kappa shape index (κ2) is 6.00. The third kappa shape index (κ3) is 2.97. The van der Waals surface area contributed by atoms with Crippen LogP contribution < -0.4 is 0 Å². The van der Waals surface area contributed by atoms with Gasteiger partial charge in [0.1, 0.15) is 0 Å². The van der Waals surface area contributed by atoms with E-state index in [2.05, 4.69) is 18.0 Å². The number of nitriles is 1. The Kier molecular flexibility index (Phi) is 4.92. The molecule has 0 aliphatic heterocycles. The highest BCUT2D eigenvalue weighted by Gasteiger charge is 2.29. The van der Waals surface area contributed by atoms with Gasteiger partial charge in [-0.1, -0.05) is 6.42 Å². The standard InChI is InChI=1S/C11H20N2O/c1-13(7-4-8-14-2)11-6-3-5-10(11)9-12/h10-11H,3-8H2,1-2H3. The molecule has 2 unspecified atom stereocenters. The van der Waals surface area contributed by atoms with Crippen molar-refractivity contribution in [2.24, 2.45) is 5.92 Å². The summed E-state index contributed by atoms with van der Waals surface area (Å²) in [6.45, 7) is 1.85. The Morgan fingerprint density at radius 2 is 2.29 bits per heavy atom. The molecule has 1 aliphatic carbocycles. The Hall–Kier alpha value is -0.590. The van der Waals surface area contributed by atoms with Gasteiger partial charge in [-0.25, -0.2) is 0 Å². The largest absolute Gasteiger partial charge is 0.385 e. The maximum absolute atomic E-state index is 8.96. The fraction of sp³-hybridized carbons (Fsp3) is 0.909. The van der Waals surface area contributed by atoms with Crippen LogP contribution in [0.3, 0.4) is 0 Å². The van der Waals surface area contributed by atoms with E-state index in [-0.39, 0.29) is 5.92 Å². The summed E-state index contributed by atoms with van der Waals surface area (Å²) in [5.41, 5.74) is 0. The molecule has 14 heavy (non-hydrogen) atoms. The maximum atomic E-state index is 8.96. The summed E-state index contributed by atoms with van der Waals surface area (Å²) in [7, 11) is 3.85. The first kappa shape index (κ1) is 11.5. The van der Waals surface area contributed by atoms with Gasteiger partial charge in [0.2, 0.25) is 0 Å². The summed E-state index contributed by atoms with van der Waals surface area (Å²) in [5.74, 6) is 0.252. The van der Waals surface area contributed by atoms with Crippen LogP contribution in [0.1, 0.15) is 25.7 Å². The van der Waals surface area contributed by atoms with Gasteiger partial charge in [0.15, 0.2) is 0 Å². The summed E-state index contributed by atoms with van der Waals surface area (Å²) in [5, 5.41) is 8.96. The molecule has 80 valence electrons. The summed E-state index contributed by atoms with van der Waals surface area (Å²) in [6, 6.07) is 2.90. The van der Waals surface area contributed by atoms with Crippen LogP contribution in [0.2, 0.25) is 0 Å². The van der Waals surface area contributed by atoms with Crippen molar-refractivity contribution in [2.45, 2.75) is 31.7 Å². The number of hydrogen-bond acceptors (Lipinski definition) is 3. The Morgan fingerprint density at radius 3 is 2.93 bits per heavy atom. The lowest BCUT2D eigenvalue weighted by atomic mass is 10.0. The first-order valence-electron chi connectivity index (χ1n) is 5.38. The third-order valence-electron chi connectivity index (χ3n) is 3.07. The molecule has 1 aliphatic rings. The molecule has 0 heterocycles. The molecule has 0 radical (unpaired) electrons. The van der Waals surface area contributed by atoms with Gasteiger partial charge in [-0.2, -0.15) is 5.26 Å². The van der Waals surface area contributed by atoms with E-state index in [0.29, 0.717) is 6.04 Å². The van der Waals surface area contributed by atoms with Gasteiger partial charge >= 0.3 is 0 Å². The molecule has 0 amide bonds. The monoisotopic (exact) mass is 196 g/mol. The highest BCUT2D eigenvalue weighted by atomic mass is 16.5. The second-order valence-corrected chi connectivity index (χ2v) is 4.06. The molecule has 1 saturated carbocycles. The molecule has 0 spiro atoms. The minimum absolute atomic E-state index is 0.252. The van der Waals surface area contributed by atoms with Crippen LogP contribution in [0.4, 0.5) is 0 Å². The molecule has 0 aromatic rings. The predicted octanol–water partition coefficient (Wildman–Crippen LogP) is 1.65. The first-order chi connectivity index (χ1) is 6.79. The summed E-state index contributed by atoms with van der Waals surface area (Å²) >= 11 is 0. The van der Waals surface area contributed by atoms with Gasteiger partial charge in [0, 0.05) is 26.3 Å². The molecule has 0 bridgehead atoms. The van der Waals surface area contributed by atoms with E-state index in [0.717, 1.165) is 26.0 Å². The second-order valence-electron chi connectivity index (χ2n) is 4.06. The summed E-state index contributed by atoms with van der Waals surface area (Å²) in [6.07, 6.45) is 4.52. The van der Waals surface area contributed by atoms with Crippen LogP contribution in [0.15, 0.2) is 0 Å². The number of rotatable bonds is 5. The molecule has 0 N–H and O–H groups in total. The molecular formula is C11H20N2O. The van der Waals surface area contributed by atoms with Crippen LogP contribution in [0, 0.1) is 17.2 Å². The van der Waals surface area contributed by atoms with E-state index in [1.54, 1.807) is 7.11 Å². The highest BCUT2D eigenvalue weighted by molar-refractivity contribution is 4.96. The number of nitrogens with zero attached hydrogens (tertiary/aromatic N) is 2. The molecular weight excluding hydrogens is 176 g/mol. The van der Waals surface area contributed by atoms with Gasteiger partial charge in [0.25, 0.3) is 0 Å². The van der Waals surface area contributed by atoms with Crippen LogP contribution in [0.5, 0.6) is 0 Å². The number of hydrogen-bond donors (Lipinski definition) is 0. The van der Waals surface area contributed by atoms with Crippen molar-refractivity contribution in [1.29, 1.82) is 5.26 Å².